The molecule has 2 rings (SSSR count). The Morgan fingerprint density at radius 1 is 1.21 bits per heavy atom. The normalized spacial score (nSPS) is 29.2. The first-order chi connectivity index (χ1) is 9.06. The molecule has 0 heterocycles. The van der Waals surface area contributed by atoms with Crippen molar-refractivity contribution >= 4 is 0 Å². The predicted molar refractivity (Wildman–Crippen MR) is 75.3 cm³/mol. The van der Waals surface area contributed by atoms with Gasteiger partial charge >= 0.3 is 0 Å². The van der Waals surface area contributed by atoms with Crippen LogP contribution in [0.4, 0.5) is 4.39 Å². The van der Waals surface area contributed by atoms with Crippen LogP contribution < -0.4 is 5.32 Å². The number of nitrogens with one attached hydrogen (secondary N) is 1. The fourth-order valence-corrected chi connectivity index (χ4v) is 2.81. The summed E-state index contributed by atoms with van der Waals surface area (Å²) in [4.78, 5) is 0. The second-order valence-electron chi connectivity index (χ2n) is 5.94. The van der Waals surface area contributed by atoms with E-state index in [1.807, 2.05) is 0 Å². The van der Waals surface area contributed by atoms with E-state index in [0.29, 0.717) is 12.6 Å². The first-order valence-electron chi connectivity index (χ1n) is 7.23. The molecule has 2 nitrogen and oxygen atoms in total. The van der Waals surface area contributed by atoms with Gasteiger partial charge in [-0.2, -0.15) is 0 Å². The van der Waals surface area contributed by atoms with Crippen molar-refractivity contribution in [2.75, 3.05) is 6.54 Å². The highest BCUT2D eigenvalue weighted by Gasteiger charge is 2.24. The fourth-order valence-electron chi connectivity index (χ4n) is 2.81. The van der Waals surface area contributed by atoms with Crippen molar-refractivity contribution in [3.8, 4) is 0 Å². The maximum Gasteiger partial charge on any atom is 0.123 e. The van der Waals surface area contributed by atoms with Crippen LogP contribution in [0.25, 0.3) is 0 Å². The molecule has 2 N–H and O–H groups in total. The largest absolute Gasteiger partial charge is 0.387 e. The molecule has 4 unspecified atom stereocenters. The van der Waals surface area contributed by atoms with Crippen molar-refractivity contribution in [1.29, 1.82) is 0 Å². The van der Waals surface area contributed by atoms with Gasteiger partial charge in [0, 0.05) is 12.6 Å². The number of benzene rings is 1. The number of aliphatic hydroxyl groups excluding tert-OH is 1. The molecule has 0 amide bonds. The zero-order valence-corrected chi connectivity index (χ0v) is 11.8. The van der Waals surface area contributed by atoms with E-state index >= 15 is 0 Å². The number of hydrogen-bond donors (Lipinski definition) is 2. The lowest BCUT2D eigenvalue weighted by Crippen LogP contribution is -2.38. The highest BCUT2D eigenvalue weighted by molar-refractivity contribution is 5.18. The van der Waals surface area contributed by atoms with E-state index in [4.69, 9.17) is 0 Å². The predicted octanol–water partition coefficient (Wildman–Crippen LogP) is 3.27. The van der Waals surface area contributed by atoms with E-state index in [-0.39, 0.29) is 5.82 Å². The first kappa shape index (κ1) is 14.5. The van der Waals surface area contributed by atoms with Crippen LogP contribution in [0.2, 0.25) is 0 Å². The van der Waals surface area contributed by atoms with Gasteiger partial charge in [-0.1, -0.05) is 26.0 Å². The molecule has 0 aliphatic heterocycles. The molecule has 1 aliphatic rings. The number of aliphatic hydroxyl groups is 1. The molecule has 1 aromatic rings. The van der Waals surface area contributed by atoms with Crippen LogP contribution in [0.15, 0.2) is 24.3 Å². The SMILES string of the molecule is CC1CCC(NCC(O)c2ccc(F)cc2)CC1C. The van der Waals surface area contributed by atoms with Crippen LogP contribution in [-0.2, 0) is 0 Å². The Balaban J connectivity index is 1.80. The molecular weight excluding hydrogens is 241 g/mol. The van der Waals surface area contributed by atoms with E-state index in [2.05, 4.69) is 19.2 Å². The Morgan fingerprint density at radius 2 is 1.89 bits per heavy atom. The van der Waals surface area contributed by atoms with E-state index in [1.54, 1.807) is 12.1 Å². The van der Waals surface area contributed by atoms with Crippen LogP contribution in [0.3, 0.4) is 0 Å². The van der Waals surface area contributed by atoms with Gasteiger partial charge in [-0.15, -0.1) is 0 Å². The van der Waals surface area contributed by atoms with Gasteiger partial charge in [0.2, 0.25) is 0 Å². The summed E-state index contributed by atoms with van der Waals surface area (Å²) in [6, 6.07) is 6.58. The molecule has 1 aromatic carbocycles. The molecule has 1 fully saturated rings. The number of hydrogen-bond acceptors (Lipinski definition) is 2. The van der Waals surface area contributed by atoms with Gasteiger partial charge in [-0.25, -0.2) is 4.39 Å². The van der Waals surface area contributed by atoms with Crippen molar-refractivity contribution in [2.45, 2.75) is 45.3 Å². The van der Waals surface area contributed by atoms with Crippen molar-refractivity contribution in [1.82, 2.24) is 5.32 Å². The Labute approximate surface area is 115 Å². The summed E-state index contributed by atoms with van der Waals surface area (Å²) in [6.45, 7) is 5.15. The zero-order valence-electron chi connectivity index (χ0n) is 11.8. The van der Waals surface area contributed by atoms with Crippen LogP contribution in [0, 0.1) is 17.7 Å². The molecule has 0 spiro atoms. The van der Waals surface area contributed by atoms with Crippen LogP contribution in [0.5, 0.6) is 0 Å². The van der Waals surface area contributed by atoms with E-state index in [0.717, 1.165) is 17.4 Å². The van der Waals surface area contributed by atoms with Gasteiger partial charge in [-0.3, -0.25) is 0 Å². The van der Waals surface area contributed by atoms with E-state index in [9.17, 15) is 9.50 Å². The van der Waals surface area contributed by atoms with Crippen LogP contribution in [0.1, 0.15) is 44.8 Å². The highest BCUT2D eigenvalue weighted by atomic mass is 19.1. The van der Waals surface area contributed by atoms with Crippen LogP contribution in [-0.4, -0.2) is 17.7 Å². The van der Waals surface area contributed by atoms with Gasteiger partial charge in [0.15, 0.2) is 0 Å². The van der Waals surface area contributed by atoms with E-state index < -0.39 is 6.10 Å². The molecule has 3 heteroatoms. The number of rotatable bonds is 4. The second kappa shape index (κ2) is 6.49. The summed E-state index contributed by atoms with van der Waals surface area (Å²) in [7, 11) is 0. The Morgan fingerprint density at radius 3 is 2.53 bits per heavy atom. The molecule has 0 saturated heterocycles. The minimum Gasteiger partial charge on any atom is -0.387 e. The molecule has 0 radical (unpaired) electrons. The summed E-state index contributed by atoms with van der Waals surface area (Å²) in [6.07, 6.45) is 3.06. The molecule has 4 atom stereocenters. The van der Waals surface area contributed by atoms with Gasteiger partial charge in [0.1, 0.15) is 5.82 Å². The smallest absolute Gasteiger partial charge is 0.123 e. The lowest BCUT2D eigenvalue weighted by Gasteiger charge is -2.33. The van der Waals surface area contributed by atoms with Crippen LogP contribution >= 0.6 is 0 Å². The fraction of sp³-hybridized carbons (Fsp3) is 0.625. The van der Waals surface area contributed by atoms with Gasteiger partial charge in [0.25, 0.3) is 0 Å². The monoisotopic (exact) mass is 265 g/mol. The Bertz CT molecular complexity index is 392. The summed E-state index contributed by atoms with van der Waals surface area (Å²) >= 11 is 0. The molecular formula is C16H24FNO. The van der Waals surface area contributed by atoms with Gasteiger partial charge in [-0.05, 0) is 48.8 Å². The van der Waals surface area contributed by atoms with Crippen molar-refractivity contribution < 1.29 is 9.50 Å². The molecule has 0 aromatic heterocycles. The highest BCUT2D eigenvalue weighted by Crippen LogP contribution is 2.29. The zero-order chi connectivity index (χ0) is 13.8. The van der Waals surface area contributed by atoms with Gasteiger partial charge in [0.05, 0.1) is 6.10 Å². The molecule has 19 heavy (non-hydrogen) atoms. The van der Waals surface area contributed by atoms with Crippen molar-refractivity contribution in [2.24, 2.45) is 11.8 Å². The van der Waals surface area contributed by atoms with Crippen molar-refractivity contribution in [3.05, 3.63) is 35.6 Å². The minimum atomic E-state index is -0.560. The maximum atomic E-state index is 12.8. The summed E-state index contributed by atoms with van der Waals surface area (Å²) in [5.74, 6) is 1.29. The number of halogens is 1. The molecule has 0 bridgehead atoms. The Kier molecular flexibility index (Phi) is 4.94. The lowest BCUT2D eigenvalue weighted by atomic mass is 9.79. The summed E-state index contributed by atoms with van der Waals surface area (Å²) in [5.41, 5.74) is 0.770. The minimum absolute atomic E-state index is 0.265. The van der Waals surface area contributed by atoms with Gasteiger partial charge < -0.3 is 10.4 Å². The average Bonchev–Trinajstić information content (AvgIpc) is 2.40. The lowest BCUT2D eigenvalue weighted by molar-refractivity contribution is 0.154. The second-order valence-corrected chi connectivity index (χ2v) is 5.94. The maximum absolute atomic E-state index is 12.8. The first-order valence-corrected chi connectivity index (χ1v) is 7.23. The quantitative estimate of drug-likeness (QED) is 0.875. The van der Waals surface area contributed by atoms with E-state index in [1.165, 1.54) is 31.4 Å². The summed E-state index contributed by atoms with van der Waals surface area (Å²) in [5, 5.41) is 13.5. The third-order valence-electron chi connectivity index (χ3n) is 4.45. The molecule has 1 aliphatic carbocycles. The third-order valence-corrected chi connectivity index (χ3v) is 4.45. The Hall–Kier alpha value is -0.930. The average molecular weight is 265 g/mol. The molecule has 106 valence electrons. The summed E-state index contributed by atoms with van der Waals surface area (Å²) < 4.78 is 12.8. The topological polar surface area (TPSA) is 32.3 Å². The third kappa shape index (κ3) is 4.02. The van der Waals surface area contributed by atoms with Crippen molar-refractivity contribution in [3.63, 3.8) is 0 Å². The standard InChI is InChI=1S/C16H24FNO/c1-11-3-8-15(9-12(11)2)18-10-16(19)13-4-6-14(17)7-5-13/h4-7,11-12,15-16,18-19H,3,8-10H2,1-2H3. The molecule has 1 saturated carbocycles.